The highest BCUT2D eigenvalue weighted by Gasteiger charge is 2.36. The number of carbonyl (C=O) groups excluding carboxylic acids is 1. The first kappa shape index (κ1) is 31.8. The molecule has 0 aliphatic carbocycles. The van der Waals surface area contributed by atoms with E-state index in [0.717, 1.165) is 29.9 Å². The first-order chi connectivity index (χ1) is 17.5. The number of amides is 2. The first-order valence-corrected chi connectivity index (χ1v) is 12.3. The first-order valence-electron chi connectivity index (χ1n) is 12.3. The molecular formula is C24H36BF4N3O6. The Labute approximate surface area is 220 Å². The molecule has 1 unspecified atom stereocenters. The number of halogens is 4. The zero-order chi connectivity index (χ0) is 28.7. The van der Waals surface area contributed by atoms with Crippen molar-refractivity contribution in [1.29, 1.82) is 5.41 Å². The van der Waals surface area contributed by atoms with Crippen LogP contribution in [0.4, 0.5) is 28.0 Å². The van der Waals surface area contributed by atoms with Gasteiger partial charge in [-0.05, 0) is 65.4 Å². The van der Waals surface area contributed by atoms with E-state index in [1.807, 2.05) is 0 Å². The van der Waals surface area contributed by atoms with E-state index in [4.69, 9.17) is 24.3 Å². The minimum Gasteiger partial charge on any atom is -0.485 e. The predicted octanol–water partition coefficient (Wildman–Crippen LogP) is 3.68. The molecule has 3 N–H and O–H groups in total. The highest BCUT2D eigenvalue weighted by molar-refractivity contribution is 6.48. The molecule has 0 bridgehead atoms. The second kappa shape index (κ2) is 13.1. The molecule has 0 spiro atoms. The van der Waals surface area contributed by atoms with Gasteiger partial charge in [0.2, 0.25) is 0 Å². The second-order valence-electron chi connectivity index (χ2n) is 9.93. The SMILES string of the molecule is CCN(C(=N)COC1CCCCO1)C(=O)Nc1cc(OCC(F)(F)F)c(BOC(C)(C)C(C)(C)O)cc1F. The maximum Gasteiger partial charge on any atom is 0.422 e. The van der Waals surface area contributed by atoms with Gasteiger partial charge in [-0.1, -0.05) is 0 Å². The average molecular weight is 549 g/mol. The van der Waals surface area contributed by atoms with Gasteiger partial charge in [-0.25, -0.2) is 9.18 Å². The lowest BCUT2D eigenvalue weighted by molar-refractivity contribution is -0.153. The number of likely N-dealkylation sites (N-methyl/N-ethyl adjacent to an activating group) is 1. The Morgan fingerprint density at radius 3 is 2.50 bits per heavy atom. The van der Waals surface area contributed by atoms with E-state index >= 15 is 0 Å². The van der Waals surface area contributed by atoms with Crippen molar-refractivity contribution in [2.24, 2.45) is 0 Å². The highest BCUT2D eigenvalue weighted by Crippen LogP contribution is 2.27. The molecule has 1 saturated heterocycles. The van der Waals surface area contributed by atoms with E-state index in [1.54, 1.807) is 20.8 Å². The van der Waals surface area contributed by atoms with E-state index in [1.165, 1.54) is 13.8 Å². The summed E-state index contributed by atoms with van der Waals surface area (Å²) in [6.07, 6.45) is -2.64. The van der Waals surface area contributed by atoms with Gasteiger partial charge in [0.1, 0.15) is 24.0 Å². The Hall–Kier alpha value is -2.42. The Morgan fingerprint density at radius 1 is 1.26 bits per heavy atom. The van der Waals surface area contributed by atoms with Crippen LogP contribution in [0.3, 0.4) is 0 Å². The summed E-state index contributed by atoms with van der Waals surface area (Å²) in [6, 6.07) is 0.948. The third-order valence-corrected chi connectivity index (χ3v) is 6.28. The van der Waals surface area contributed by atoms with Gasteiger partial charge in [-0.2, -0.15) is 13.2 Å². The van der Waals surface area contributed by atoms with Gasteiger partial charge in [-0.15, -0.1) is 0 Å². The van der Waals surface area contributed by atoms with Gasteiger partial charge in [-0.3, -0.25) is 10.3 Å². The molecule has 1 atom stereocenters. The van der Waals surface area contributed by atoms with Crippen LogP contribution < -0.4 is 15.5 Å². The van der Waals surface area contributed by atoms with Crippen molar-refractivity contribution < 1.29 is 46.3 Å². The van der Waals surface area contributed by atoms with E-state index in [2.05, 4.69) is 5.32 Å². The van der Waals surface area contributed by atoms with Crippen molar-refractivity contribution in [3.05, 3.63) is 17.9 Å². The number of ether oxygens (including phenoxy) is 3. The van der Waals surface area contributed by atoms with Gasteiger partial charge in [0.15, 0.2) is 12.9 Å². The standard InChI is InChI=1S/C24H36BF4N3O6/c1-6-32(19(30)13-36-20-9-7-8-10-35-20)21(33)31-17-12-18(37-14-24(27,28)29)15(11-16(17)26)25-38-23(4,5)22(2,3)34/h11-12,20,25,30,34H,6-10,13-14H2,1-5H3,(H,31,33). The number of nitrogens with one attached hydrogen (secondary N) is 2. The summed E-state index contributed by atoms with van der Waals surface area (Å²) in [5.74, 6) is -1.51. The number of benzene rings is 1. The molecule has 214 valence electrons. The highest BCUT2D eigenvalue weighted by atomic mass is 19.4. The summed E-state index contributed by atoms with van der Waals surface area (Å²) >= 11 is 0. The molecule has 2 rings (SSSR count). The fourth-order valence-corrected chi connectivity index (χ4v) is 3.26. The van der Waals surface area contributed by atoms with Crippen LogP contribution in [-0.2, 0) is 14.1 Å². The number of amidine groups is 1. The van der Waals surface area contributed by atoms with Crippen LogP contribution in [0.25, 0.3) is 0 Å². The van der Waals surface area contributed by atoms with E-state index in [9.17, 15) is 27.5 Å². The third-order valence-electron chi connectivity index (χ3n) is 6.28. The zero-order valence-electron chi connectivity index (χ0n) is 22.3. The smallest absolute Gasteiger partial charge is 0.422 e. The molecule has 14 heteroatoms. The van der Waals surface area contributed by atoms with Crippen LogP contribution in [0, 0.1) is 11.2 Å². The normalized spacial score (nSPS) is 16.6. The fraction of sp³-hybridized carbons (Fsp3) is 0.667. The van der Waals surface area contributed by atoms with Crippen LogP contribution in [0.15, 0.2) is 12.1 Å². The number of urea groups is 1. The van der Waals surface area contributed by atoms with Crippen molar-refractivity contribution in [1.82, 2.24) is 4.90 Å². The molecule has 0 aromatic heterocycles. The average Bonchev–Trinajstić information content (AvgIpc) is 2.81. The topological polar surface area (TPSA) is 113 Å². The summed E-state index contributed by atoms with van der Waals surface area (Å²) in [7, 11) is -0.373. The summed E-state index contributed by atoms with van der Waals surface area (Å²) in [4.78, 5) is 13.8. The van der Waals surface area contributed by atoms with E-state index in [-0.39, 0.29) is 37.7 Å². The van der Waals surface area contributed by atoms with Gasteiger partial charge in [0.05, 0.1) is 16.9 Å². The summed E-state index contributed by atoms with van der Waals surface area (Å²) in [5, 5.41) is 20.7. The lowest BCUT2D eigenvalue weighted by Crippen LogP contribution is -2.49. The molecule has 1 aliphatic rings. The molecule has 1 fully saturated rings. The molecule has 1 aromatic rings. The van der Waals surface area contributed by atoms with Crippen LogP contribution in [0.5, 0.6) is 5.75 Å². The maximum absolute atomic E-state index is 15.0. The summed E-state index contributed by atoms with van der Waals surface area (Å²) < 4.78 is 75.1. The lowest BCUT2D eigenvalue weighted by atomic mass is 9.82. The number of aliphatic hydroxyl groups is 1. The Morgan fingerprint density at radius 2 is 1.95 bits per heavy atom. The predicted molar refractivity (Wildman–Crippen MR) is 135 cm³/mol. The molecule has 38 heavy (non-hydrogen) atoms. The quantitative estimate of drug-likeness (QED) is 0.168. The molecule has 2 amide bonds. The molecule has 1 heterocycles. The number of anilines is 1. The number of carbonyl (C=O) groups is 1. The van der Waals surface area contributed by atoms with Crippen LogP contribution >= 0.6 is 0 Å². The van der Waals surface area contributed by atoms with Gasteiger partial charge < -0.3 is 29.3 Å². The van der Waals surface area contributed by atoms with Crippen LogP contribution in [0.2, 0.25) is 0 Å². The maximum atomic E-state index is 15.0. The Bertz CT molecular complexity index is 966. The van der Waals surface area contributed by atoms with E-state index in [0.29, 0.717) is 13.0 Å². The summed E-state index contributed by atoms with van der Waals surface area (Å²) in [5.41, 5.74) is -2.94. The number of hydrogen-bond donors (Lipinski definition) is 3. The number of rotatable bonds is 11. The molecule has 1 aliphatic heterocycles. The van der Waals surface area contributed by atoms with Crippen molar-refractivity contribution in [2.45, 2.75) is 77.5 Å². The van der Waals surface area contributed by atoms with Crippen molar-refractivity contribution in [2.75, 3.05) is 31.7 Å². The lowest BCUT2D eigenvalue weighted by Gasteiger charge is -2.37. The minimum absolute atomic E-state index is 0.0521. The summed E-state index contributed by atoms with van der Waals surface area (Å²) in [6.45, 7) is 6.47. The Balaban J connectivity index is 2.19. The second-order valence-corrected chi connectivity index (χ2v) is 9.93. The van der Waals surface area contributed by atoms with Gasteiger partial charge in [0, 0.05) is 19.2 Å². The number of hydrogen-bond acceptors (Lipinski definition) is 7. The van der Waals surface area contributed by atoms with Crippen LogP contribution in [0.1, 0.15) is 53.9 Å². The van der Waals surface area contributed by atoms with Gasteiger partial charge in [0.25, 0.3) is 0 Å². The third kappa shape index (κ3) is 9.40. The van der Waals surface area contributed by atoms with E-state index < -0.39 is 47.8 Å². The minimum atomic E-state index is -4.67. The Kier molecular flexibility index (Phi) is 11.0. The molecule has 0 radical (unpaired) electrons. The fourth-order valence-electron chi connectivity index (χ4n) is 3.26. The van der Waals surface area contributed by atoms with Gasteiger partial charge >= 0.3 is 19.7 Å². The molecular weight excluding hydrogens is 513 g/mol. The van der Waals surface area contributed by atoms with Crippen molar-refractivity contribution in [3.8, 4) is 5.75 Å². The number of nitrogens with zero attached hydrogens (tertiary/aromatic N) is 1. The monoisotopic (exact) mass is 549 g/mol. The van der Waals surface area contributed by atoms with Crippen molar-refractivity contribution >= 4 is 30.5 Å². The van der Waals surface area contributed by atoms with Crippen molar-refractivity contribution in [3.63, 3.8) is 0 Å². The molecule has 0 saturated carbocycles. The largest absolute Gasteiger partial charge is 0.485 e. The molecule has 1 aromatic carbocycles. The number of alkyl halides is 3. The van der Waals surface area contributed by atoms with Crippen LogP contribution in [-0.4, -0.2) is 79.4 Å². The molecule has 9 nitrogen and oxygen atoms in total. The zero-order valence-corrected chi connectivity index (χ0v) is 22.3.